The SMILES string of the molecule is COc1ccc(-c2cc(=O)c3c(O)cc4c(c3o2)[C@@H](c2cc(OC)c(OC)c(OC)c2)CC(=O)O4)cc1O. The van der Waals surface area contributed by atoms with Crippen LogP contribution >= 0.6 is 0 Å². The Balaban J connectivity index is 1.79. The number of phenols is 2. The number of hydrogen-bond donors (Lipinski definition) is 2. The minimum atomic E-state index is -0.647. The Labute approximate surface area is 216 Å². The fourth-order valence-corrected chi connectivity index (χ4v) is 4.73. The lowest BCUT2D eigenvalue weighted by atomic mass is 9.84. The van der Waals surface area contributed by atoms with Crippen molar-refractivity contribution in [2.24, 2.45) is 0 Å². The van der Waals surface area contributed by atoms with E-state index in [-0.39, 0.29) is 40.4 Å². The molecule has 10 heteroatoms. The summed E-state index contributed by atoms with van der Waals surface area (Å²) < 4.78 is 33.1. The number of carbonyl (C=O) groups excluding carboxylic acids is 1. The van der Waals surface area contributed by atoms with Gasteiger partial charge in [-0.3, -0.25) is 9.59 Å². The summed E-state index contributed by atoms with van der Waals surface area (Å²) in [6.07, 6.45) is -0.0806. The van der Waals surface area contributed by atoms with Gasteiger partial charge < -0.3 is 38.3 Å². The molecule has 3 aromatic carbocycles. The molecule has 38 heavy (non-hydrogen) atoms. The zero-order valence-electron chi connectivity index (χ0n) is 21.0. The minimum absolute atomic E-state index is 0.0454. The van der Waals surface area contributed by atoms with E-state index in [9.17, 15) is 19.8 Å². The van der Waals surface area contributed by atoms with E-state index < -0.39 is 23.1 Å². The van der Waals surface area contributed by atoms with Gasteiger partial charge >= 0.3 is 5.97 Å². The smallest absolute Gasteiger partial charge is 0.312 e. The van der Waals surface area contributed by atoms with Gasteiger partial charge in [-0.05, 0) is 35.9 Å². The van der Waals surface area contributed by atoms with Gasteiger partial charge in [0, 0.05) is 29.2 Å². The number of rotatable bonds is 6. The molecule has 1 aliphatic heterocycles. The van der Waals surface area contributed by atoms with Crippen LogP contribution in [0.25, 0.3) is 22.3 Å². The third kappa shape index (κ3) is 4.00. The third-order valence-corrected chi connectivity index (χ3v) is 6.48. The first-order valence-corrected chi connectivity index (χ1v) is 11.5. The molecule has 0 spiro atoms. The van der Waals surface area contributed by atoms with Crippen molar-refractivity contribution in [2.45, 2.75) is 12.3 Å². The molecule has 5 rings (SSSR count). The standard InChI is InChI=1S/C28H24O10/c1-33-19-6-5-13(7-16(19)29)20-11-17(30)26-18(31)12-21-25(28(26)38-20)15(10-24(32)37-21)14-8-22(34-2)27(36-4)23(9-14)35-3/h5-9,11-12,15,29,31H,10H2,1-4H3/t15-/m1/s1. The molecule has 4 aromatic rings. The second kappa shape index (κ2) is 9.55. The summed E-state index contributed by atoms with van der Waals surface area (Å²) in [7, 11) is 5.86. The van der Waals surface area contributed by atoms with Gasteiger partial charge in [0.1, 0.15) is 28.2 Å². The number of ether oxygens (including phenoxy) is 5. The Kier molecular flexibility index (Phi) is 6.23. The van der Waals surface area contributed by atoms with Crippen LogP contribution in [-0.2, 0) is 4.79 Å². The van der Waals surface area contributed by atoms with E-state index in [1.165, 1.54) is 52.7 Å². The molecule has 0 fully saturated rings. The Morgan fingerprint density at radius 3 is 2.11 bits per heavy atom. The molecular weight excluding hydrogens is 496 g/mol. The summed E-state index contributed by atoms with van der Waals surface area (Å²) in [4.78, 5) is 25.8. The summed E-state index contributed by atoms with van der Waals surface area (Å²) in [6.45, 7) is 0. The first-order chi connectivity index (χ1) is 18.3. The summed E-state index contributed by atoms with van der Waals surface area (Å²) in [6, 6.07) is 10.4. The number of phenolic OH excluding ortho intramolecular Hbond substituents is 2. The summed E-state index contributed by atoms with van der Waals surface area (Å²) in [5, 5.41) is 20.9. The maximum atomic E-state index is 13.2. The quantitative estimate of drug-likeness (QED) is 0.279. The van der Waals surface area contributed by atoms with E-state index in [0.717, 1.165) is 0 Å². The zero-order chi connectivity index (χ0) is 27.1. The molecule has 0 bridgehead atoms. The molecule has 0 saturated carbocycles. The Morgan fingerprint density at radius 2 is 1.50 bits per heavy atom. The fourth-order valence-electron chi connectivity index (χ4n) is 4.73. The molecule has 0 saturated heterocycles. The molecule has 1 aliphatic rings. The topological polar surface area (TPSA) is 134 Å². The number of fused-ring (bicyclic) bond motifs is 3. The molecule has 0 unspecified atom stereocenters. The Morgan fingerprint density at radius 1 is 0.816 bits per heavy atom. The van der Waals surface area contributed by atoms with Crippen molar-refractivity contribution in [3.8, 4) is 51.6 Å². The van der Waals surface area contributed by atoms with Gasteiger partial charge in [0.25, 0.3) is 0 Å². The van der Waals surface area contributed by atoms with Gasteiger partial charge in [0.2, 0.25) is 5.75 Å². The van der Waals surface area contributed by atoms with Crippen LogP contribution in [0.1, 0.15) is 23.5 Å². The predicted octanol–water partition coefficient (Wildman–Crippen LogP) is 4.35. The molecule has 196 valence electrons. The highest BCUT2D eigenvalue weighted by molar-refractivity contribution is 5.93. The molecule has 0 amide bonds. The maximum absolute atomic E-state index is 13.2. The second-order valence-electron chi connectivity index (χ2n) is 8.56. The van der Waals surface area contributed by atoms with Crippen molar-refractivity contribution >= 4 is 16.9 Å². The van der Waals surface area contributed by atoms with E-state index in [0.29, 0.717) is 33.9 Å². The van der Waals surface area contributed by atoms with Crippen molar-refractivity contribution in [3.63, 3.8) is 0 Å². The number of benzene rings is 3. The average Bonchev–Trinajstić information content (AvgIpc) is 2.91. The van der Waals surface area contributed by atoms with Gasteiger partial charge in [-0.15, -0.1) is 0 Å². The molecule has 2 N–H and O–H groups in total. The lowest BCUT2D eigenvalue weighted by Crippen LogP contribution is -2.22. The molecule has 1 atom stereocenters. The Hall–Kier alpha value is -4.86. The normalized spacial score (nSPS) is 14.5. The number of methoxy groups -OCH3 is 4. The number of aromatic hydroxyl groups is 2. The maximum Gasteiger partial charge on any atom is 0.312 e. The molecule has 1 aromatic heterocycles. The number of carbonyl (C=O) groups is 1. The highest BCUT2D eigenvalue weighted by Gasteiger charge is 2.35. The third-order valence-electron chi connectivity index (χ3n) is 6.48. The van der Waals surface area contributed by atoms with Crippen LogP contribution in [0.5, 0.6) is 40.2 Å². The van der Waals surface area contributed by atoms with Gasteiger partial charge in [-0.1, -0.05) is 0 Å². The van der Waals surface area contributed by atoms with Gasteiger partial charge in [-0.25, -0.2) is 0 Å². The molecule has 10 nitrogen and oxygen atoms in total. The fraction of sp³-hybridized carbons (Fsp3) is 0.214. The summed E-state index contributed by atoms with van der Waals surface area (Å²) >= 11 is 0. The molecule has 0 radical (unpaired) electrons. The van der Waals surface area contributed by atoms with Crippen molar-refractivity contribution in [3.05, 3.63) is 63.8 Å². The van der Waals surface area contributed by atoms with Crippen LogP contribution in [-0.4, -0.2) is 44.6 Å². The van der Waals surface area contributed by atoms with E-state index in [1.54, 1.807) is 18.2 Å². The highest BCUT2D eigenvalue weighted by Crippen LogP contribution is 2.49. The first kappa shape index (κ1) is 24.8. The average molecular weight is 520 g/mol. The van der Waals surface area contributed by atoms with Crippen LogP contribution in [0.2, 0.25) is 0 Å². The first-order valence-electron chi connectivity index (χ1n) is 11.5. The van der Waals surface area contributed by atoms with Crippen molar-refractivity contribution < 1.29 is 43.1 Å². The van der Waals surface area contributed by atoms with Crippen molar-refractivity contribution in [1.29, 1.82) is 0 Å². The van der Waals surface area contributed by atoms with E-state index in [2.05, 4.69) is 0 Å². The van der Waals surface area contributed by atoms with Crippen LogP contribution in [0, 0.1) is 0 Å². The van der Waals surface area contributed by atoms with Crippen LogP contribution < -0.4 is 29.1 Å². The summed E-state index contributed by atoms with van der Waals surface area (Å²) in [5.74, 6) is -0.147. The number of hydrogen-bond acceptors (Lipinski definition) is 10. The monoisotopic (exact) mass is 520 g/mol. The minimum Gasteiger partial charge on any atom is -0.507 e. The largest absolute Gasteiger partial charge is 0.507 e. The highest BCUT2D eigenvalue weighted by atomic mass is 16.5. The van der Waals surface area contributed by atoms with Crippen LogP contribution in [0.15, 0.2) is 51.7 Å². The summed E-state index contributed by atoms with van der Waals surface area (Å²) in [5.41, 5.74) is 0.931. The number of esters is 1. The zero-order valence-corrected chi connectivity index (χ0v) is 21.0. The van der Waals surface area contributed by atoms with Crippen molar-refractivity contribution in [1.82, 2.24) is 0 Å². The van der Waals surface area contributed by atoms with Crippen LogP contribution in [0.4, 0.5) is 0 Å². The van der Waals surface area contributed by atoms with Gasteiger partial charge in [-0.2, -0.15) is 0 Å². The van der Waals surface area contributed by atoms with Gasteiger partial charge in [0.05, 0.1) is 34.9 Å². The molecular formula is C28H24O10. The lowest BCUT2D eigenvalue weighted by Gasteiger charge is -2.27. The van der Waals surface area contributed by atoms with E-state index in [4.69, 9.17) is 28.1 Å². The van der Waals surface area contributed by atoms with Gasteiger partial charge in [0.15, 0.2) is 28.4 Å². The van der Waals surface area contributed by atoms with E-state index in [1.807, 2.05) is 0 Å². The predicted molar refractivity (Wildman–Crippen MR) is 136 cm³/mol. The second-order valence-corrected chi connectivity index (χ2v) is 8.56. The Bertz CT molecular complexity index is 1610. The van der Waals surface area contributed by atoms with Crippen LogP contribution in [0.3, 0.4) is 0 Å². The van der Waals surface area contributed by atoms with E-state index >= 15 is 0 Å². The molecule has 0 aliphatic carbocycles. The van der Waals surface area contributed by atoms with Crippen molar-refractivity contribution in [2.75, 3.05) is 28.4 Å². The lowest BCUT2D eigenvalue weighted by molar-refractivity contribution is -0.135. The molecule has 2 heterocycles.